The van der Waals surface area contributed by atoms with E-state index in [-0.39, 0.29) is 0 Å². The fraction of sp³-hybridized carbons (Fsp3) is 0.0526. The van der Waals surface area contributed by atoms with Gasteiger partial charge in [-0.15, -0.1) is 11.3 Å². The van der Waals surface area contributed by atoms with Crippen LogP contribution in [-0.2, 0) is 14.1 Å². The molecule has 7 nitrogen and oxygen atoms in total. The molecule has 46 heavy (non-hydrogen) atoms. The summed E-state index contributed by atoms with van der Waals surface area (Å²) in [5, 5.41) is 3.34. The monoisotopic (exact) mass is 613 g/mol. The minimum absolute atomic E-state index is 0.931. The number of benzene rings is 4. The molecular formula is C38H27N7S. The van der Waals surface area contributed by atoms with Crippen molar-refractivity contribution in [3.8, 4) is 50.3 Å². The molecule has 5 aromatic heterocycles. The number of hydrogen-bond donors (Lipinski definition) is 0. The van der Waals surface area contributed by atoms with E-state index >= 15 is 0 Å². The number of pyridine rings is 1. The average molecular weight is 614 g/mol. The number of thiazole rings is 1. The largest absolute Gasteiger partial charge is 0.334 e. The van der Waals surface area contributed by atoms with Crippen LogP contribution >= 0.6 is 11.3 Å². The molecule has 9 rings (SSSR count). The Kier molecular flexibility index (Phi) is 5.97. The first-order chi connectivity index (χ1) is 22.6. The number of fused-ring (bicyclic) bond motifs is 4. The molecule has 5 heterocycles. The third-order valence-electron chi connectivity index (χ3n) is 8.62. The van der Waals surface area contributed by atoms with Gasteiger partial charge in [-0.05, 0) is 66.7 Å². The number of rotatable bonds is 5. The minimum atomic E-state index is 0.931. The summed E-state index contributed by atoms with van der Waals surface area (Å²) in [4.78, 5) is 18.9. The number of hydrogen-bond acceptors (Lipinski definition) is 5. The van der Waals surface area contributed by atoms with E-state index in [9.17, 15) is 0 Å². The van der Waals surface area contributed by atoms with Crippen LogP contribution in [0, 0.1) is 0 Å². The normalized spacial score (nSPS) is 11.7. The van der Waals surface area contributed by atoms with Gasteiger partial charge in [0.15, 0.2) is 0 Å². The molecule has 8 heteroatoms. The van der Waals surface area contributed by atoms with Crippen LogP contribution in [0.25, 0.3) is 82.3 Å². The van der Waals surface area contributed by atoms with E-state index in [0.29, 0.717) is 0 Å². The van der Waals surface area contributed by atoms with Crippen LogP contribution in [0.2, 0.25) is 0 Å². The van der Waals surface area contributed by atoms with E-state index in [0.717, 1.165) is 71.5 Å². The Labute approximate surface area is 268 Å². The number of aromatic nitrogens is 7. The summed E-state index contributed by atoms with van der Waals surface area (Å²) in [6.07, 6.45) is 9.45. The van der Waals surface area contributed by atoms with Gasteiger partial charge in [-0.1, -0.05) is 30.3 Å². The van der Waals surface area contributed by atoms with Crippen LogP contribution in [0.1, 0.15) is 0 Å². The molecule has 0 aliphatic carbocycles. The van der Waals surface area contributed by atoms with Gasteiger partial charge in [0.2, 0.25) is 0 Å². The number of nitrogens with zero attached hydrogens (tertiary/aromatic N) is 7. The molecule has 0 spiro atoms. The summed E-state index contributed by atoms with van der Waals surface area (Å²) in [6.45, 7) is 0. The summed E-state index contributed by atoms with van der Waals surface area (Å²) >= 11 is 1.71. The van der Waals surface area contributed by atoms with E-state index < -0.39 is 0 Å². The molecule has 0 aliphatic rings. The van der Waals surface area contributed by atoms with Crippen LogP contribution in [0.4, 0.5) is 0 Å². The van der Waals surface area contributed by atoms with E-state index in [1.54, 1.807) is 11.3 Å². The lowest BCUT2D eigenvalue weighted by Crippen LogP contribution is -1.95. The molecule has 0 N–H and O–H groups in total. The summed E-state index contributed by atoms with van der Waals surface area (Å²) in [6, 6.07) is 34.4. The maximum Gasteiger partial charge on any atom is 0.139 e. The van der Waals surface area contributed by atoms with E-state index in [4.69, 9.17) is 4.98 Å². The molecule has 0 amide bonds. The molecule has 220 valence electrons. The summed E-state index contributed by atoms with van der Waals surface area (Å²) in [5.74, 6) is 1.87. The lowest BCUT2D eigenvalue weighted by molar-refractivity contribution is 0.925. The second kappa shape index (κ2) is 10.4. The second-order valence-electron chi connectivity index (χ2n) is 11.5. The van der Waals surface area contributed by atoms with E-state index in [1.807, 2.05) is 61.8 Å². The van der Waals surface area contributed by atoms with E-state index in [2.05, 4.69) is 109 Å². The zero-order valence-electron chi connectivity index (χ0n) is 25.2. The SMILES string of the molecule is Cn1ccnc1-c1ccc2sc(-c3ccc4c5cc(-c6nccn6C)ccc5n(-c5cccc(-c6ccccn6)c5)c4c3)nc2c1. The van der Waals surface area contributed by atoms with Crippen molar-refractivity contribution in [3.05, 3.63) is 128 Å². The van der Waals surface area contributed by atoms with Crippen molar-refractivity contribution in [1.29, 1.82) is 0 Å². The van der Waals surface area contributed by atoms with Crippen molar-refractivity contribution >= 4 is 43.4 Å². The lowest BCUT2D eigenvalue weighted by atomic mass is 10.1. The summed E-state index contributed by atoms with van der Waals surface area (Å²) in [7, 11) is 4.04. The highest BCUT2D eigenvalue weighted by Crippen LogP contribution is 2.39. The molecule has 0 saturated carbocycles. The Balaban J connectivity index is 1.24. The molecule has 0 bridgehead atoms. The summed E-state index contributed by atoms with van der Waals surface area (Å²) in [5.41, 5.74) is 9.55. The molecule has 0 unspecified atom stereocenters. The zero-order valence-corrected chi connectivity index (χ0v) is 26.0. The van der Waals surface area contributed by atoms with E-state index in [1.165, 1.54) is 10.8 Å². The van der Waals surface area contributed by atoms with Gasteiger partial charge in [0, 0.05) is 83.8 Å². The standard InChI is InChI=1S/C38H27N7S/c1-43-18-16-40-36(43)25-10-13-33-30(21-25)29-12-9-27(38-42-32-22-26(11-14-35(32)46-38)37-41-17-19-44(37)2)23-34(29)45(33)28-7-5-6-24(20-28)31-8-3-4-15-39-31/h3-23H,1-2H3. The van der Waals surface area contributed by atoms with Crippen molar-refractivity contribution in [2.24, 2.45) is 14.1 Å². The molecule has 0 fully saturated rings. The Morgan fingerprint density at radius 2 is 1.35 bits per heavy atom. The Bertz CT molecular complexity index is 2570. The van der Waals surface area contributed by atoms with Crippen LogP contribution < -0.4 is 0 Å². The van der Waals surface area contributed by atoms with Gasteiger partial charge < -0.3 is 13.7 Å². The molecule has 9 aromatic rings. The predicted octanol–water partition coefficient (Wildman–Crippen LogP) is 8.92. The maximum atomic E-state index is 5.11. The topological polar surface area (TPSA) is 66.3 Å². The minimum Gasteiger partial charge on any atom is -0.334 e. The third-order valence-corrected chi connectivity index (χ3v) is 9.71. The molecular weight excluding hydrogens is 587 g/mol. The average Bonchev–Trinajstić information content (AvgIpc) is 3.89. The van der Waals surface area contributed by atoms with Gasteiger partial charge in [0.25, 0.3) is 0 Å². The number of imidazole rings is 2. The summed E-state index contributed by atoms with van der Waals surface area (Å²) < 4.78 is 7.59. The maximum absolute atomic E-state index is 5.11. The van der Waals surface area contributed by atoms with Gasteiger partial charge in [0.1, 0.15) is 16.7 Å². The zero-order chi connectivity index (χ0) is 30.8. The Morgan fingerprint density at radius 1 is 0.565 bits per heavy atom. The van der Waals surface area contributed by atoms with Crippen LogP contribution in [-0.4, -0.2) is 33.6 Å². The highest BCUT2D eigenvalue weighted by Gasteiger charge is 2.17. The van der Waals surface area contributed by atoms with Crippen LogP contribution in [0.3, 0.4) is 0 Å². The van der Waals surface area contributed by atoms with Crippen LogP contribution in [0.15, 0.2) is 128 Å². The van der Waals surface area contributed by atoms with Crippen molar-refractivity contribution in [1.82, 2.24) is 33.6 Å². The predicted molar refractivity (Wildman–Crippen MR) is 187 cm³/mol. The van der Waals surface area contributed by atoms with Crippen LogP contribution in [0.5, 0.6) is 0 Å². The second-order valence-corrected chi connectivity index (χ2v) is 12.5. The third kappa shape index (κ3) is 4.26. The Morgan fingerprint density at radius 3 is 2.11 bits per heavy atom. The highest BCUT2D eigenvalue weighted by atomic mass is 32.1. The molecule has 4 aromatic carbocycles. The van der Waals surface area contributed by atoms with Crippen molar-refractivity contribution < 1.29 is 0 Å². The fourth-order valence-electron chi connectivity index (χ4n) is 6.39. The van der Waals surface area contributed by atoms with Gasteiger partial charge in [-0.2, -0.15) is 0 Å². The van der Waals surface area contributed by atoms with Crippen molar-refractivity contribution in [2.75, 3.05) is 0 Å². The molecule has 0 radical (unpaired) electrons. The first-order valence-corrected chi connectivity index (χ1v) is 15.9. The van der Waals surface area contributed by atoms with Gasteiger partial charge >= 0.3 is 0 Å². The van der Waals surface area contributed by atoms with Gasteiger partial charge in [0.05, 0.1) is 26.9 Å². The first kappa shape index (κ1) is 26.5. The quantitative estimate of drug-likeness (QED) is 0.194. The van der Waals surface area contributed by atoms with Gasteiger partial charge in [-0.3, -0.25) is 4.98 Å². The first-order valence-electron chi connectivity index (χ1n) is 15.1. The molecule has 0 atom stereocenters. The Hall–Kier alpha value is -5.86. The van der Waals surface area contributed by atoms with Gasteiger partial charge in [-0.25, -0.2) is 15.0 Å². The lowest BCUT2D eigenvalue weighted by Gasteiger charge is -2.11. The van der Waals surface area contributed by atoms with Crippen molar-refractivity contribution in [2.45, 2.75) is 0 Å². The smallest absolute Gasteiger partial charge is 0.139 e. The highest BCUT2D eigenvalue weighted by molar-refractivity contribution is 7.21. The number of aryl methyl sites for hydroxylation is 2. The molecule has 0 saturated heterocycles. The van der Waals surface area contributed by atoms with Crippen molar-refractivity contribution in [3.63, 3.8) is 0 Å². The molecule has 0 aliphatic heterocycles. The fourth-order valence-corrected chi connectivity index (χ4v) is 7.33.